The minimum atomic E-state index is -1.91. The minimum Gasteiger partial charge on any atom is -0.481 e. The molecule has 22 nitrogen and oxygen atoms in total. The van der Waals surface area contributed by atoms with Gasteiger partial charge in [-0.2, -0.15) is 0 Å². The Morgan fingerprint density at radius 1 is 0.507 bits per heavy atom. The lowest BCUT2D eigenvalue weighted by Gasteiger charge is -2.29. The van der Waals surface area contributed by atoms with E-state index in [1.165, 1.54) is 6.92 Å². The first-order valence-corrected chi connectivity index (χ1v) is 22.8. The van der Waals surface area contributed by atoms with Gasteiger partial charge in [0.1, 0.15) is 42.3 Å². The van der Waals surface area contributed by atoms with Gasteiger partial charge in [0.25, 0.3) is 0 Å². The van der Waals surface area contributed by atoms with E-state index in [2.05, 4.69) is 31.9 Å². The largest absolute Gasteiger partial charge is 0.481 e. The maximum Gasteiger partial charge on any atom is 0.326 e. The van der Waals surface area contributed by atoms with Crippen LogP contribution in [0.1, 0.15) is 90.7 Å². The summed E-state index contributed by atoms with van der Waals surface area (Å²) in [7, 11) is 0. The smallest absolute Gasteiger partial charge is 0.326 e. The zero-order chi connectivity index (χ0) is 51.8. The van der Waals surface area contributed by atoms with Crippen molar-refractivity contribution >= 4 is 59.3 Å². The Kier molecular flexibility index (Phi) is 25.1. The zero-order valence-corrected chi connectivity index (χ0v) is 39.7. The molecule has 2 aromatic rings. The number of amides is 7. The standard InChI is InChI=1S/C47H69N9O13/c1-26(2)22-33(52-41(62)31(49)18-12-13-21-48)45(66)56-39(27(3)4)46(67)54-35(24-30-16-10-7-11-17-30)44(65)53-34(23-29-14-8-6-9-15-29)43(64)50-28(5)40(61)51-32(19-20-37(57)58)42(63)55-36(47(68)69)25-38(59)60/h6-11,14-17,26-28,31-36,39H,12-13,18-25,48-49H2,1-5H3,(H,50,64)(H,51,61)(H,52,62)(H,53,65)(H,54,67)(H,55,63)(H,56,66)(H,57,58)(H,59,60)(H,68,69)/t28-,31-,32-,33-,34-,35-,36-,39-/m0/s1. The number of carbonyl (C=O) groups is 10. The molecule has 2 aromatic carbocycles. The van der Waals surface area contributed by atoms with Gasteiger partial charge in [0.15, 0.2) is 0 Å². The van der Waals surface area contributed by atoms with E-state index in [0.717, 1.165) is 0 Å². The van der Waals surface area contributed by atoms with Gasteiger partial charge in [0, 0.05) is 19.3 Å². The first-order valence-electron chi connectivity index (χ1n) is 22.8. The van der Waals surface area contributed by atoms with Gasteiger partial charge in [0.2, 0.25) is 41.4 Å². The van der Waals surface area contributed by atoms with E-state index in [1.807, 2.05) is 19.2 Å². The predicted molar refractivity (Wildman–Crippen MR) is 251 cm³/mol. The first-order chi connectivity index (χ1) is 32.5. The van der Waals surface area contributed by atoms with Crippen molar-refractivity contribution in [2.75, 3.05) is 6.54 Å². The zero-order valence-electron chi connectivity index (χ0n) is 39.7. The third kappa shape index (κ3) is 21.7. The second-order valence-corrected chi connectivity index (χ2v) is 17.5. The van der Waals surface area contributed by atoms with Crippen molar-refractivity contribution in [3.8, 4) is 0 Å². The van der Waals surface area contributed by atoms with E-state index in [4.69, 9.17) is 16.6 Å². The van der Waals surface area contributed by atoms with Crippen LogP contribution in [0.25, 0.3) is 0 Å². The van der Waals surface area contributed by atoms with Crippen LogP contribution in [0.3, 0.4) is 0 Å². The Morgan fingerprint density at radius 3 is 1.45 bits per heavy atom. The fourth-order valence-electron chi connectivity index (χ4n) is 6.92. The number of nitrogens with two attached hydrogens (primary N) is 2. The number of carbonyl (C=O) groups excluding carboxylic acids is 7. The summed E-state index contributed by atoms with van der Waals surface area (Å²) in [5, 5.41) is 45.4. The number of carboxylic acids is 3. The molecule has 22 heteroatoms. The van der Waals surface area contributed by atoms with Crippen molar-refractivity contribution in [1.29, 1.82) is 0 Å². The van der Waals surface area contributed by atoms with Crippen LogP contribution in [-0.2, 0) is 60.8 Å². The molecule has 0 aromatic heterocycles. The Morgan fingerprint density at radius 2 is 0.971 bits per heavy atom. The minimum absolute atomic E-state index is 0.0455. The van der Waals surface area contributed by atoms with Gasteiger partial charge >= 0.3 is 17.9 Å². The van der Waals surface area contributed by atoms with Crippen LogP contribution in [0.2, 0.25) is 0 Å². The van der Waals surface area contributed by atoms with E-state index in [1.54, 1.807) is 74.5 Å². The topological polar surface area (TPSA) is 368 Å². The fraction of sp³-hybridized carbons (Fsp3) is 0.532. The summed E-state index contributed by atoms with van der Waals surface area (Å²) in [6, 6.07) is 6.26. The Hall–Kier alpha value is -6.94. The van der Waals surface area contributed by atoms with Gasteiger partial charge in [0.05, 0.1) is 12.5 Å². The van der Waals surface area contributed by atoms with Crippen LogP contribution < -0.4 is 48.7 Å². The van der Waals surface area contributed by atoms with Crippen LogP contribution >= 0.6 is 0 Å². The lowest BCUT2D eigenvalue weighted by molar-refractivity contribution is -0.147. The van der Waals surface area contributed by atoms with Crippen molar-refractivity contribution in [3.05, 3.63) is 71.8 Å². The highest BCUT2D eigenvalue weighted by Gasteiger charge is 2.35. The average Bonchev–Trinajstić information content (AvgIpc) is 3.28. The van der Waals surface area contributed by atoms with E-state index in [9.17, 15) is 58.2 Å². The summed E-state index contributed by atoms with van der Waals surface area (Å²) >= 11 is 0. The predicted octanol–water partition coefficient (Wildman–Crippen LogP) is -0.532. The van der Waals surface area contributed by atoms with Gasteiger partial charge < -0.3 is 64.0 Å². The Bertz CT molecular complexity index is 2060. The lowest BCUT2D eigenvalue weighted by atomic mass is 9.98. The van der Waals surface area contributed by atoms with Crippen LogP contribution in [0.15, 0.2) is 60.7 Å². The molecule has 0 unspecified atom stereocenters. The van der Waals surface area contributed by atoms with E-state index < -0.39 is 133 Å². The summed E-state index contributed by atoms with van der Waals surface area (Å²) in [5.74, 6) is -11.0. The van der Waals surface area contributed by atoms with Crippen molar-refractivity contribution in [1.82, 2.24) is 37.2 Å². The number of carboxylic acid groups (broad SMARTS) is 3. The van der Waals surface area contributed by atoms with Gasteiger partial charge in [-0.05, 0) is 62.1 Å². The maximum atomic E-state index is 14.4. The molecule has 8 atom stereocenters. The number of benzene rings is 2. The first kappa shape index (κ1) is 58.2. The Balaban J connectivity index is 2.41. The molecule has 0 saturated carbocycles. The molecule has 14 N–H and O–H groups in total. The van der Waals surface area contributed by atoms with Crippen molar-refractivity contribution in [3.63, 3.8) is 0 Å². The van der Waals surface area contributed by atoms with Gasteiger partial charge in [-0.15, -0.1) is 0 Å². The van der Waals surface area contributed by atoms with E-state index in [0.29, 0.717) is 36.9 Å². The van der Waals surface area contributed by atoms with Crippen LogP contribution in [0.5, 0.6) is 0 Å². The van der Waals surface area contributed by atoms with E-state index >= 15 is 0 Å². The summed E-state index contributed by atoms with van der Waals surface area (Å²) in [5.41, 5.74) is 12.9. The number of aliphatic carboxylic acids is 3. The van der Waals surface area contributed by atoms with Crippen LogP contribution in [-0.4, -0.2) is 129 Å². The molecule has 0 fully saturated rings. The second-order valence-electron chi connectivity index (χ2n) is 17.5. The number of hydrogen-bond acceptors (Lipinski definition) is 12. The van der Waals surface area contributed by atoms with E-state index in [-0.39, 0.29) is 25.2 Å². The number of unbranched alkanes of at least 4 members (excludes halogenated alkanes) is 1. The highest BCUT2D eigenvalue weighted by Crippen LogP contribution is 2.12. The number of hydrogen-bond donors (Lipinski definition) is 12. The molecule has 0 aliphatic carbocycles. The second kappa shape index (κ2) is 29.7. The number of nitrogens with one attached hydrogen (secondary N) is 7. The molecule has 69 heavy (non-hydrogen) atoms. The average molecular weight is 968 g/mol. The molecule has 2 rings (SSSR count). The molecule has 0 heterocycles. The molecule has 0 aliphatic rings. The van der Waals surface area contributed by atoms with Crippen LogP contribution in [0.4, 0.5) is 0 Å². The monoisotopic (exact) mass is 968 g/mol. The fourth-order valence-corrected chi connectivity index (χ4v) is 6.92. The maximum absolute atomic E-state index is 14.4. The highest BCUT2D eigenvalue weighted by molar-refractivity contribution is 5.98. The summed E-state index contributed by atoms with van der Waals surface area (Å²) < 4.78 is 0. The third-order valence-corrected chi connectivity index (χ3v) is 10.7. The summed E-state index contributed by atoms with van der Waals surface area (Å²) in [4.78, 5) is 130. The molecule has 7 amide bonds. The van der Waals surface area contributed by atoms with Gasteiger partial charge in [-0.25, -0.2) is 4.79 Å². The quantitative estimate of drug-likeness (QED) is 0.0423. The molecule has 0 spiro atoms. The molecular formula is C47H69N9O13. The normalized spacial score (nSPS) is 14.6. The lowest BCUT2D eigenvalue weighted by Crippen LogP contribution is -2.61. The van der Waals surface area contributed by atoms with Gasteiger partial charge in [-0.3, -0.25) is 43.2 Å². The van der Waals surface area contributed by atoms with Crippen molar-refractivity contribution in [2.24, 2.45) is 23.3 Å². The van der Waals surface area contributed by atoms with Crippen molar-refractivity contribution in [2.45, 2.75) is 141 Å². The molecule has 380 valence electrons. The third-order valence-electron chi connectivity index (χ3n) is 10.7. The summed E-state index contributed by atoms with van der Waals surface area (Å²) in [6.45, 7) is 8.77. The Labute approximate surface area is 401 Å². The molecular weight excluding hydrogens is 899 g/mol. The summed E-state index contributed by atoms with van der Waals surface area (Å²) in [6.07, 6.45) is -0.519. The molecule has 0 bridgehead atoms. The SMILES string of the molecule is CC(C)C[C@H](NC(=O)[C@@H](N)CCCCN)C(=O)N[C@H](C(=O)N[C@@H](Cc1ccccc1)C(=O)N[C@@H](Cc1ccccc1)C(=O)N[C@@H](C)C(=O)N[C@@H](CCC(=O)O)C(=O)N[C@@H](CC(=O)O)C(=O)O)C(C)C. The van der Waals surface area contributed by atoms with Gasteiger partial charge in [-0.1, -0.05) is 94.8 Å². The van der Waals surface area contributed by atoms with Crippen LogP contribution in [0, 0.1) is 11.8 Å². The number of rotatable bonds is 31. The highest BCUT2D eigenvalue weighted by atomic mass is 16.4. The molecule has 0 saturated heterocycles. The molecule has 0 radical (unpaired) electrons. The van der Waals surface area contributed by atoms with Crippen molar-refractivity contribution < 1.29 is 63.3 Å². The molecule has 0 aliphatic heterocycles.